The number of nitrogens with one attached hydrogen (secondary N) is 1. The highest BCUT2D eigenvalue weighted by Gasteiger charge is 2.20. The second-order valence-electron chi connectivity index (χ2n) is 6.07. The number of halogens is 2. The highest BCUT2D eigenvalue weighted by atomic mass is 35.5. The highest BCUT2D eigenvalue weighted by molar-refractivity contribution is 8.00. The summed E-state index contributed by atoms with van der Waals surface area (Å²) in [7, 11) is 0. The lowest BCUT2D eigenvalue weighted by atomic mass is 10.2. The highest BCUT2D eigenvalue weighted by Crippen LogP contribution is 2.29. The Balaban J connectivity index is 1.77. The third-order valence-electron chi connectivity index (χ3n) is 3.93. The van der Waals surface area contributed by atoms with Gasteiger partial charge >= 0.3 is 0 Å². The molecule has 27 heavy (non-hydrogen) atoms. The van der Waals surface area contributed by atoms with Crippen LogP contribution >= 0.6 is 35.0 Å². The normalized spacial score (nSPS) is 12.0. The molecule has 1 aromatic heterocycles. The summed E-state index contributed by atoms with van der Waals surface area (Å²) in [5.74, 6) is 0.579. The molecule has 1 atom stereocenters. The van der Waals surface area contributed by atoms with Gasteiger partial charge in [-0.2, -0.15) is 0 Å². The molecule has 1 heterocycles. The van der Waals surface area contributed by atoms with Gasteiger partial charge in [-0.25, -0.2) is 0 Å². The molecule has 140 valence electrons. The van der Waals surface area contributed by atoms with Crippen LogP contribution in [0.5, 0.6) is 0 Å². The molecular weight excluding hydrogens is 403 g/mol. The first-order chi connectivity index (χ1) is 12.8. The Morgan fingerprint density at radius 1 is 1.11 bits per heavy atom. The lowest BCUT2D eigenvalue weighted by Gasteiger charge is -2.14. The molecule has 0 spiro atoms. The molecule has 5 nitrogen and oxygen atoms in total. The van der Waals surface area contributed by atoms with Gasteiger partial charge in [0.1, 0.15) is 5.82 Å². The first kappa shape index (κ1) is 19.7. The Hall–Kier alpha value is -2.02. The molecule has 0 saturated heterocycles. The fourth-order valence-corrected chi connectivity index (χ4v) is 3.82. The van der Waals surface area contributed by atoms with Crippen molar-refractivity contribution < 1.29 is 4.79 Å². The van der Waals surface area contributed by atoms with E-state index >= 15 is 0 Å². The first-order valence-electron chi connectivity index (χ1n) is 8.27. The molecule has 8 heteroatoms. The van der Waals surface area contributed by atoms with Crippen LogP contribution in [-0.4, -0.2) is 25.9 Å². The first-order valence-corrected chi connectivity index (χ1v) is 9.90. The van der Waals surface area contributed by atoms with Gasteiger partial charge in [0.15, 0.2) is 5.16 Å². The molecule has 0 bridgehead atoms. The minimum Gasteiger partial charge on any atom is -0.324 e. The monoisotopic (exact) mass is 420 g/mol. The molecule has 3 aromatic rings. The SMILES string of the molecule is Cc1ccc(-n2c(C)nnc2SC(C)C(=O)Nc2ccc(Cl)cc2Cl)cc1. The molecule has 1 N–H and O–H groups in total. The maximum absolute atomic E-state index is 12.6. The van der Waals surface area contributed by atoms with Gasteiger partial charge in [0, 0.05) is 10.7 Å². The van der Waals surface area contributed by atoms with Crippen LogP contribution in [0.4, 0.5) is 5.69 Å². The summed E-state index contributed by atoms with van der Waals surface area (Å²) in [6.45, 7) is 5.73. The van der Waals surface area contributed by atoms with E-state index in [1.807, 2.05) is 49.6 Å². The van der Waals surface area contributed by atoms with Crippen LogP contribution in [0.25, 0.3) is 5.69 Å². The number of anilines is 1. The van der Waals surface area contributed by atoms with Gasteiger partial charge in [0.2, 0.25) is 5.91 Å². The van der Waals surface area contributed by atoms with E-state index in [2.05, 4.69) is 15.5 Å². The van der Waals surface area contributed by atoms with Gasteiger partial charge in [-0.05, 0) is 51.1 Å². The van der Waals surface area contributed by atoms with Gasteiger partial charge in [0.05, 0.1) is 16.0 Å². The number of aromatic nitrogens is 3. The van der Waals surface area contributed by atoms with Crippen molar-refractivity contribution in [2.45, 2.75) is 31.2 Å². The Bertz CT molecular complexity index is 972. The lowest BCUT2D eigenvalue weighted by Crippen LogP contribution is -2.23. The van der Waals surface area contributed by atoms with Crippen molar-refractivity contribution in [1.82, 2.24) is 14.8 Å². The predicted octanol–water partition coefficient (Wildman–Crippen LogP) is 5.31. The summed E-state index contributed by atoms with van der Waals surface area (Å²) in [6.07, 6.45) is 0. The fourth-order valence-electron chi connectivity index (χ4n) is 2.45. The van der Waals surface area contributed by atoms with Crippen molar-refractivity contribution in [3.8, 4) is 5.69 Å². The molecule has 0 aliphatic rings. The minimum absolute atomic E-state index is 0.180. The Labute approximate surface area is 172 Å². The smallest absolute Gasteiger partial charge is 0.237 e. The number of rotatable bonds is 5. The molecule has 0 radical (unpaired) electrons. The second-order valence-corrected chi connectivity index (χ2v) is 8.23. The summed E-state index contributed by atoms with van der Waals surface area (Å²) in [4.78, 5) is 12.6. The maximum Gasteiger partial charge on any atom is 0.237 e. The van der Waals surface area contributed by atoms with Crippen molar-refractivity contribution in [2.75, 3.05) is 5.32 Å². The van der Waals surface area contributed by atoms with Crippen molar-refractivity contribution in [3.05, 3.63) is 63.9 Å². The number of benzene rings is 2. The van der Waals surface area contributed by atoms with E-state index in [-0.39, 0.29) is 5.91 Å². The van der Waals surface area contributed by atoms with E-state index < -0.39 is 5.25 Å². The summed E-state index contributed by atoms with van der Waals surface area (Å²) < 4.78 is 1.93. The van der Waals surface area contributed by atoms with Gasteiger partial charge in [0.25, 0.3) is 0 Å². The Morgan fingerprint density at radius 2 is 1.81 bits per heavy atom. The molecule has 0 aliphatic heterocycles. The van der Waals surface area contributed by atoms with E-state index in [1.54, 1.807) is 18.2 Å². The van der Waals surface area contributed by atoms with E-state index in [0.717, 1.165) is 11.5 Å². The van der Waals surface area contributed by atoms with Crippen LogP contribution in [0.1, 0.15) is 18.3 Å². The summed E-state index contributed by atoms with van der Waals surface area (Å²) in [5.41, 5.74) is 2.65. The average molecular weight is 421 g/mol. The van der Waals surface area contributed by atoms with E-state index in [0.29, 0.717) is 20.9 Å². The van der Waals surface area contributed by atoms with Crippen LogP contribution in [0.15, 0.2) is 47.6 Å². The quantitative estimate of drug-likeness (QED) is 0.568. The van der Waals surface area contributed by atoms with E-state index in [9.17, 15) is 4.79 Å². The van der Waals surface area contributed by atoms with Gasteiger partial charge in [-0.1, -0.05) is 52.7 Å². The van der Waals surface area contributed by atoms with Crippen molar-refractivity contribution >= 4 is 46.6 Å². The number of carbonyl (C=O) groups excluding carboxylic acids is 1. The van der Waals surface area contributed by atoms with Crippen molar-refractivity contribution in [1.29, 1.82) is 0 Å². The molecule has 0 aliphatic carbocycles. The molecule has 3 rings (SSSR count). The fraction of sp³-hybridized carbons (Fsp3) is 0.211. The number of carbonyl (C=O) groups is 1. The van der Waals surface area contributed by atoms with Crippen LogP contribution in [0.2, 0.25) is 10.0 Å². The predicted molar refractivity (Wildman–Crippen MR) is 111 cm³/mol. The van der Waals surface area contributed by atoms with Gasteiger partial charge < -0.3 is 5.32 Å². The second kappa shape index (κ2) is 8.33. The van der Waals surface area contributed by atoms with E-state index in [4.69, 9.17) is 23.2 Å². The van der Waals surface area contributed by atoms with Crippen LogP contribution in [0.3, 0.4) is 0 Å². The molecule has 0 saturated carbocycles. The van der Waals surface area contributed by atoms with Crippen molar-refractivity contribution in [2.24, 2.45) is 0 Å². The molecule has 1 unspecified atom stereocenters. The zero-order valence-electron chi connectivity index (χ0n) is 15.0. The number of aryl methyl sites for hydroxylation is 2. The minimum atomic E-state index is -0.399. The summed E-state index contributed by atoms with van der Waals surface area (Å²) in [6, 6.07) is 13.0. The average Bonchev–Trinajstić information content (AvgIpc) is 2.98. The molecule has 0 fully saturated rings. The Kier molecular flexibility index (Phi) is 6.09. The zero-order valence-corrected chi connectivity index (χ0v) is 17.4. The standard InChI is InChI=1S/C19H18Cl2N4OS/c1-11-4-7-15(8-5-11)25-13(3)23-24-19(25)27-12(2)18(26)22-17-9-6-14(20)10-16(17)21/h4-10,12H,1-3H3,(H,22,26). The summed E-state index contributed by atoms with van der Waals surface area (Å²) in [5, 5.41) is 12.4. The number of thioether (sulfide) groups is 1. The van der Waals surface area contributed by atoms with E-state index in [1.165, 1.54) is 17.3 Å². The van der Waals surface area contributed by atoms with Gasteiger partial charge in [-0.15, -0.1) is 10.2 Å². The third kappa shape index (κ3) is 4.64. The number of amides is 1. The number of hydrogen-bond acceptors (Lipinski definition) is 4. The maximum atomic E-state index is 12.6. The zero-order chi connectivity index (χ0) is 19.6. The topological polar surface area (TPSA) is 59.8 Å². The molecule has 2 aromatic carbocycles. The summed E-state index contributed by atoms with van der Waals surface area (Å²) >= 11 is 13.4. The van der Waals surface area contributed by atoms with Crippen LogP contribution < -0.4 is 5.32 Å². The molecule has 1 amide bonds. The number of hydrogen-bond donors (Lipinski definition) is 1. The van der Waals surface area contributed by atoms with Crippen LogP contribution in [-0.2, 0) is 4.79 Å². The number of nitrogens with zero attached hydrogens (tertiary/aromatic N) is 3. The largest absolute Gasteiger partial charge is 0.324 e. The third-order valence-corrected chi connectivity index (χ3v) is 5.52. The Morgan fingerprint density at radius 3 is 2.48 bits per heavy atom. The van der Waals surface area contributed by atoms with Crippen LogP contribution in [0, 0.1) is 13.8 Å². The lowest BCUT2D eigenvalue weighted by molar-refractivity contribution is -0.115. The van der Waals surface area contributed by atoms with Crippen molar-refractivity contribution in [3.63, 3.8) is 0 Å². The molecular formula is C19H18Cl2N4OS. The van der Waals surface area contributed by atoms with Gasteiger partial charge in [-0.3, -0.25) is 9.36 Å².